The monoisotopic (exact) mass is 268 g/mol. The molecule has 98 valence electrons. The first-order valence-corrected chi connectivity index (χ1v) is 6.49. The molecule has 0 saturated carbocycles. The second-order valence-electron chi connectivity index (χ2n) is 4.32. The fraction of sp³-hybridized carbons (Fsp3) is 0.429. The number of hydrogen-bond donors (Lipinski definition) is 0. The van der Waals surface area contributed by atoms with Gasteiger partial charge in [0.25, 0.3) is 0 Å². The van der Waals surface area contributed by atoms with E-state index in [9.17, 15) is 9.59 Å². The predicted octanol–water partition coefficient (Wildman–Crippen LogP) is 3.45. The molecule has 18 heavy (non-hydrogen) atoms. The van der Waals surface area contributed by atoms with Crippen LogP contribution < -0.4 is 4.74 Å². The van der Waals surface area contributed by atoms with Crippen LogP contribution in [0.5, 0.6) is 5.75 Å². The molecule has 4 heteroatoms. The second-order valence-corrected chi connectivity index (χ2v) is 4.70. The van der Waals surface area contributed by atoms with Crippen LogP contribution in [0, 0.1) is 5.92 Å². The average molecular weight is 269 g/mol. The normalized spacial score (nSPS) is 10.4. The topological polar surface area (TPSA) is 43.4 Å². The zero-order valence-electron chi connectivity index (χ0n) is 10.6. The van der Waals surface area contributed by atoms with Gasteiger partial charge < -0.3 is 4.74 Å². The van der Waals surface area contributed by atoms with Crippen molar-refractivity contribution in [2.45, 2.75) is 26.7 Å². The standard InChI is InChI=1S/C14H17ClO3/c1-10(2)14(17)18-12-6-3-5-11(9-12)13(16)7-4-8-15/h3,5-6,9-10H,4,7-8H2,1-2H3. The van der Waals surface area contributed by atoms with Crippen molar-refractivity contribution in [3.63, 3.8) is 0 Å². The van der Waals surface area contributed by atoms with Crippen LogP contribution in [0.3, 0.4) is 0 Å². The maximum Gasteiger partial charge on any atom is 0.313 e. The molecule has 1 rings (SSSR count). The SMILES string of the molecule is CC(C)C(=O)Oc1cccc(C(=O)CCCCl)c1. The zero-order valence-corrected chi connectivity index (χ0v) is 11.4. The van der Waals surface area contributed by atoms with Crippen molar-refractivity contribution in [2.24, 2.45) is 5.92 Å². The van der Waals surface area contributed by atoms with Crippen molar-refractivity contribution in [2.75, 3.05) is 5.88 Å². The highest BCUT2D eigenvalue weighted by Crippen LogP contribution is 2.16. The first-order chi connectivity index (χ1) is 8.54. The summed E-state index contributed by atoms with van der Waals surface area (Å²) in [5.74, 6) is 0.387. The maximum atomic E-state index is 11.8. The van der Waals surface area contributed by atoms with E-state index in [0.717, 1.165) is 0 Å². The third-order valence-corrected chi connectivity index (χ3v) is 2.65. The number of carbonyl (C=O) groups excluding carboxylic acids is 2. The smallest absolute Gasteiger partial charge is 0.313 e. The number of ketones is 1. The maximum absolute atomic E-state index is 11.8. The minimum absolute atomic E-state index is 0.0121. The molecule has 3 nitrogen and oxygen atoms in total. The van der Waals surface area contributed by atoms with E-state index in [1.807, 2.05) is 0 Å². The predicted molar refractivity (Wildman–Crippen MR) is 71.2 cm³/mol. The number of ether oxygens (including phenoxy) is 1. The van der Waals surface area contributed by atoms with E-state index in [2.05, 4.69) is 0 Å². The first-order valence-electron chi connectivity index (χ1n) is 5.95. The molecule has 0 aromatic heterocycles. The van der Waals surface area contributed by atoms with Crippen LogP contribution in [-0.4, -0.2) is 17.6 Å². The molecule has 0 radical (unpaired) electrons. The number of carbonyl (C=O) groups is 2. The quantitative estimate of drug-likeness (QED) is 0.343. The van der Waals surface area contributed by atoms with Gasteiger partial charge in [0.15, 0.2) is 5.78 Å². The Kier molecular flexibility index (Phi) is 5.86. The molecule has 0 aliphatic heterocycles. The van der Waals surface area contributed by atoms with E-state index < -0.39 is 0 Å². The molecule has 0 unspecified atom stereocenters. The number of alkyl halides is 1. The lowest BCUT2D eigenvalue weighted by Gasteiger charge is -2.07. The number of hydrogen-bond acceptors (Lipinski definition) is 3. The Morgan fingerprint density at radius 3 is 2.67 bits per heavy atom. The van der Waals surface area contributed by atoms with E-state index >= 15 is 0 Å². The summed E-state index contributed by atoms with van der Waals surface area (Å²) in [5.41, 5.74) is 0.550. The molecular weight excluding hydrogens is 252 g/mol. The average Bonchev–Trinajstić information content (AvgIpc) is 2.36. The summed E-state index contributed by atoms with van der Waals surface area (Å²) in [6, 6.07) is 6.68. The molecule has 0 fully saturated rings. The summed E-state index contributed by atoms with van der Waals surface area (Å²) < 4.78 is 5.15. The van der Waals surface area contributed by atoms with E-state index in [0.29, 0.717) is 30.0 Å². The van der Waals surface area contributed by atoms with Crippen molar-refractivity contribution < 1.29 is 14.3 Å². The van der Waals surface area contributed by atoms with Crippen LogP contribution in [0.2, 0.25) is 0 Å². The Morgan fingerprint density at radius 1 is 1.33 bits per heavy atom. The fourth-order valence-electron chi connectivity index (χ4n) is 1.34. The summed E-state index contributed by atoms with van der Waals surface area (Å²) in [6.45, 7) is 3.52. The van der Waals surface area contributed by atoms with E-state index in [-0.39, 0.29) is 17.7 Å². The lowest BCUT2D eigenvalue weighted by atomic mass is 10.1. The molecular formula is C14H17ClO3. The van der Waals surface area contributed by atoms with Crippen molar-refractivity contribution in [1.82, 2.24) is 0 Å². The van der Waals surface area contributed by atoms with Gasteiger partial charge in [0.2, 0.25) is 0 Å². The van der Waals surface area contributed by atoms with E-state index in [1.165, 1.54) is 0 Å². The van der Waals surface area contributed by atoms with Gasteiger partial charge in [0.1, 0.15) is 5.75 Å². The summed E-state index contributed by atoms with van der Waals surface area (Å²) in [5, 5.41) is 0. The third kappa shape index (κ3) is 4.49. The van der Waals surface area contributed by atoms with Crippen molar-refractivity contribution >= 4 is 23.4 Å². The van der Waals surface area contributed by atoms with Gasteiger partial charge in [-0.3, -0.25) is 9.59 Å². The number of esters is 1. The molecule has 0 bridgehead atoms. The Balaban J connectivity index is 2.73. The molecule has 0 spiro atoms. The molecule has 0 amide bonds. The second kappa shape index (κ2) is 7.17. The number of rotatable bonds is 6. The van der Waals surface area contributed by atoms with Crippen LogP contribution in [0.25, 0.3) is 0 Å². The minimum atomic E-state index is -0.305. The molecule has 0 atom stereocenters. The van der Waals surface area contributed by atoms with Crippen LogP contribution in [-0.2, 0) is 4.79 Å². The van der Waals surface area contributed by atoms with Crippen LogP contribution in [0.1, 0.15) is 37.0 Å². The van der Waals surface area contributed by atoms with Gasteiger partial charge in [-0.15, -0.1) is 11.6 Å². The Hall–Kier alpha value is -1.35. The number of halogens is 1. The molecule has 0 aliphatic carbocycles. The van der Waals surface area contributed by atoms with E-state index in [1.54, 1.807) is 38.1 Å². The van der Waals surface area contributed by atoms with Crippen molar-refractivity contribution in [3.8, 4) is 5.75 Å². The van der Waals surface area contributed by atoms with Crippen LogP contribution in [0.4, 0.5) is 0 Å². The Morgan fingerprint density at radius 2 is 2.06 bits per heavy atom. The van der Waals surface area contributed by atoms with Gasteiger partial charge in [0.05, 0.1) is 5.92 Å². The number of benzene rings is 1. The minimum Gasteiger partial charge on any atom is -0.426 e. The summed E-state index contributed by atoms with van der Waals surface area (Å²) in [6.07, 6.45) is 1.06. The van der Waals surface area contributed by atoms with Crippen molar-refractivity contribution in [1.29, 1.82) is 0 Å². The lowest BCUT2D eigenvalue weighted by molar-refractivity contribution is -0.137. The van der Waals surface area contributed by atoms with Crippen LogP contribution >= 0.6 is 11.6 Å². The van der Waals surface area contributed by atoms with Gasteiger partial charge in [-0.1, -0.05) is 26.0 Å². The highest BCUT2D eigenvalue weighted by Gasteiger charge is 2.11. The zero-order chi connectivity index (χ0) is 13.5. The molecule has 0 aliphatic rings. The highest BCUT2D eigenvalue weighted by molar-refractivity contribution is 6.18. The Bertz CT molecular complexity index is 427. The highest BCUT2D eigenvalue weighted by atomic mass is 35.5. The lowest BCUT2D eigenvalue weighted by Crippen LogP contribution is -2.15. The van der Waals surface area contributed by atoms with Gasteiger partial charge in [-0.25, -0.2) is 0 Å². The molecule has 0 heterocycles. The number of Topliss-reactive ketones (excluding diaryl/α,β-unsaturated/α-hetero) is 1. The molecule has 0 N–H and O–H groups in total. The van der Waals surface area contributed by atoms with E-state index in [4.69, 9.17) is 16.3 Å². The summed E-state index contributed by atoms with van der Waals surface area (Å²) >= 11 is 5.55. The first kappa shape index (κ1) is 14.7. The summed E-state index contributed by atoms with van der Waals surface area (Å²) in [4.78, 5) is 23.2. The van der Waals surface area contributed by atoms with Gasteiger partial charge in [-0.05, 0) is 18.6 Å². The third-order valence-electron chi connectivity index (χ3n) is 2.38. The van der Waals surface area contributed by atoms with Crippen molar-refractivity contribution in [3.05, 3.63) is 29.8 Å². The Labute approximate surface area is 112 Å². The molecule has 0 saturated heterocycles. The van der Waals surface area contributed by atoms with Gasteiger partial charge in [0, 0.05) is 17.9 Å². The fourth-order valence-corrected chi connectivity index (χ4v) is 1.47. The molecule has 1 aromatic carbocycles. The van der Waals surface area contributed by atoms with Gasteiger partial charge in [-0.2, -0.15) is 0 Å². The molecule has 1 aromatic rings. The summed E-state index contributed by atoms with van der Waals surface area (Å²) in [7, 11) is 0. The largest absolute Gasteiger partial charge is 0.426 e. The van der Waals surface area contributed by atoms with Gasteiger partial charge >= 0.3 is 5.97 Å². The van der Waals surface area contributed by atoms with Crippen LogP contribution in [0.15, 0.2) is 24.3 Å².